The molecule has 1 amide bonds. The summed E-state index contributed by atoms with van der Waals surface area (Å²) in [6, 6.07) is 6.21. The van der Waals surface area contributed by atoms with Crippen molar-refractivity contribution in [2.75, 3.05) is 56.2 Å². The van der Waals surface area contributed by atoms with Crippen molar-refractivity contribution in [3.05, 3.63) is 40.8 Å². The molecule has 2 fully saturated rings. The minimum atomic E-state index is -2.97. The first-order valence-electron chi connectivity index (χ1n) is 15.6. The van der Waals surface area contributed by atoms with Gasteiger partial charge in [0.15, 0.2) is 0 Å². The van der Waals surface area contributed by atoms with Crippen molar-refractivity contribution in [3.63, 3.8) is 0 Å². The van der Waals surface area contributed by atoms with Gasteiger partial charge in [0.2, 0.25) is 0 Å². The lowest BCUT2D eigenvalue weighted by Crippen LogP contribution is -2.56. The highest BCUT2D eigenvalue weighted by Gasteiger charge is 2.36. The minimum absolute atomic E-state index is 0.115. The van der Waals surface area contributed by atoms with Crippen molar-refractivity contribution >= 4 is 17.6 Å². The van der Waals surface area contributed by atoms with Crippen molar-refractivity contribution in [1.29, 1.82) is 5.26 Å². The Bertz CT molecular complexity index is 1410. The molecular formula is C32H42F3N7O3. The number of nitriles is 1. The molecule has 0 spiro atoms. The fourth-order valence-corrected chi connectivity index (χ4v) is 6.39. The molecule has 0 aliphatic carbocycles. The molecule has 3 aliphatic rings. The zero-order valence-electron chi connectivity index (χ0n) is 26.4. The van der Waals surface area contributed by atoms with E-state index >= 15 is 0 Å². The van der Waals surface area contributed by atoms with Gasteiger partial charge in [-0.05, 0) is 72.2 Å². The number of ether oxygens (including phenoxy) is 2. The molecule has 1 aromatic heterocycles. The van der Waals surface area contributed by atoms with Crippen LogP contribution in [0.5, 0.6) is 6.01 Å². The average molecular weight is 630 g/mol. The Morgan fingerprint density at radius 3 is 2.60 bits per heavy atom. The quantitative estimate of drug-likeness (QED) is 0.403. The van der Waals surface area contributed by atoms with Crippen LogP contribution < -0.4 is 14.5 Å². The lowest BCUT2D eigenvalue weighted by molar-refractivity contribution is 0.0144. The zero-order valence-corrected chi connectivity index (χ0v) is 26.4. The van der Waals surface area contributed by atoms with Crippen LogP contribution in [0.25, 0.3) is 0 Å². The van der Waals surface area contributed by atoms with E-state index in [1.807, 2.05) is 0 Å². The summed E-state index contributed by atoms with van der Waals surface area (Å²) < 4.78 is 54.3. The third-order valence-corrected chi connectivity index (χ3v) is 8.65. The molecule has 2 atom stereocenters. The molecule has 45 heavy (non-hydrogen) atoms. The summed E-state index contributed by atoms with van der Waals surface area (Å²) in [7, 11) is 2.06. The number of nitrogens with zero attached hydrogens (tertiary/aromatic N) is 7. The molecule has 0 bridgehead atoms. The van der Waals surface area contributed by atoms with Gasteiger partial charge in [-0.3, -0.25) is 0 Å². The number of likely N-dealkylation sites (tertiary alicyclic amines) is 1. The molecule has 0 radical (unpaired) electrons. The van der Waals surface area contributed by atoms with Crippen LogP contribution in [0, 0.1) is 17.1 Å². The molecule has 2 aromatic rings. The van der Waals surface area contributed by atoms with E-state index in [1.165, 1.54) is 12.1 Å². The highest BCUT2D eigenvalue weighted by molar-refractivity contribution is 5.69. The second kappa shape index (κ2) is 13.7. The molecule has 244 valence electrons. The molecule has 0 N–H and O–H groups in total. The summed E-state index contributed by atoms with van der Waals surface area (Å²) in [5, 5.41) is 9.61. The molecule has 13 heteroatoms. The van der Waals surface area contributed by atoms with Gasteiger partial charge >= 0.3 is 12.1 Å². The molecule has 0 saturated carbocycles. The standard InChI is InChI=1S/C32H42F3N7O3/c1-32(2,3)45-31(43)42-17-16-41(18-21(42)12-13-36)29-23-9-7-15-40(26-11-5-10-24(33)27(26)28(34)35)19-25(23)37-30(38-29)44-20-22-8-6-14-39(22)4/h5,10-11,21-22,28H,6-9,12,14-20H2,1-4H3/t21?,22-/m0/s1. The van der Waals surface area contributed by atoms with Crippen molar-refractivity contribution in [3.8, 4) is 12.1 Å². The minimum Gasteiger partial charge on any atom is -0.462 e. The molecule has 4 heterocycles. The molecular weight excluding hydrogens is 587 g/mol. The Labute approximate surface area is 262 Å². The number of hydrogen-bond acceptors (Lipinski definition) is 9. The number of rotatable bonds is 7. The normalized spacial score (nSPS) is 21.0. The summed E-state index contributed by atoms with van der Waals surface area (Å²) >= 11 is 0. The number of alkyl halides is 2. The Balaban J connectivity index is 1.48. The monoisotopic (exact) mass is 629 g/mol. The molecule has 1 unspecified atom stereocenters. The second-order valence-corrected chi connectivity index (χ2v) is 13.0. The Morgan fingerprint density at radius 2 is 1.91 bits per heavy atom. The van der Waals surface area contributed by atoms with Gasteiger partial charge in [0.25, 0.3) is 6.43 Å². The van der Waals surface area contributed by atoms with Crippen LogP contribution in [-0.4, -0.2) is 89.9 Å². The maximum absolute atomic E-state index is 14.6. The zero-order chi connectivity index (χ0) is 32.3. The number of hydrogen-bond donors (Lipinski definition) is 0. The number of aromatic nitrogens is 2. The average Bonchev–Trinajstić information content (AvgIpc) is 3.26. The number of fused-ring (bicyclic) bond motifs is 1. The summed E-state index contributed by atoms with van der Waals surface area (Å²) in [6.45, 7) is 8.53. The van der Waals surface area contributed by atoms with Gasteiger partial charge in [-0.2, -0.15) is 15.2 Å². The van der Waals surface area contributed by atoms with Gasteiger partial charge in [-0.25, -0.2) is 18.0 Å². The second-order valence-electron chi connectivity index (χ2n) is 13.0. The Hall–Kier alpha value is -3.79. The van der Waals surface area contributed by atoms with Gasteiger partial charge in [0.05, 0.1) is 36.3 Å². The highest BCUT2D eigenvalue weighted by Crippen LogP contribution is 2.36. The van der Waals surface area contributed by atoms with E-state index in [0.717, 1.165) is 31.0 Å². The van der Waals surface area contributed by atoms with Crippen LogP contribution in [0.4, 0.5) is 29.5 Å². The van der Waals surface area contributed by atoms with Crippen molar-refractivity contribution in [1.82, 2.24) is 19.8 Å². The molecule has 1 aromatic carbocycles. The smallest absolute Gasteiger partial charge is 0.410 e. The van der Waals surface area contributed by atoms with Gasteiger partial charge in [-0.15, -0.1) is 0 Å². The van der Waals surface area contributed by atoms with Gasteiger partial charge in [0.1, 0.15) is 23.8 Å². The van der Waals surface area contributed by atoms with Crippen LogP contribution in [0.2, 0.25) is 0 Å². The largest absolute Gasteiger partial charge is 0.462 e. The Morgan fingerprint density at radius 1 is 1.11 bits per heavy atom. The predicted octanol–water partition coefficient (Wildman–Crippen LogP) is 5.32. The van der Waals surface area contributed by atoms with E-state index in [-0.39, 0.29) is 30.7 Å². The van der Waals surface area contributed by atoms with E-state index in [1.54, 1.807) is 30.6 Å². The topological polar surface area (TPSA) is 98.1 Å². The summed E-state index contributed by atoms with van der Waals surface area (Å²) in [6.07, 6.45) is -0.0566. The van der Waals surface area contributed by atoms with E-state index in [0.29, 0.717) is 57.1 Å². The van der Waals surface area contributed by atoms with E-state index < -0.39 is 35.5 Å². The maximum atomic E-state index is 14.6. The number of benzene rings is 1. The summed E-state index contributed by atoms with van der Waals surface area (Å²) in [5.41, 5.74) is 0.344. The third-order valence-electron chi connectivity index (χ3n) is 8.65. The van der Waals surface area contributed by atoms with Crippen molar-refractivity contribution < 1.29 is 27.4 Å². The van der Waals surface area contributed by atoms with Gasteiger partial charge < -0.3 is 29.1 Å². The van der Waals surface area contributed by atoms with Crippen LogP contribution in [0.1, 0.15) is 69.7 Å². The number of carbonyl (C=O) groups excluding carboxylic acids is 1. The fraction of sp³-hybridized carbons (Fsp3) is 0.625. The number of halogens is 3. The number of likely N-dealkylation sites (N-methyl/N-ethyl adjacent to an activating group) is 1. The van der Waals surface area contributed by atoms with E-state index in [4.69, 9.17) is 19.4 Å². The molecule has 2 saturated heterocycles. The molecule has 10 nitrogen and oxygen atoms in total. The SMILES string of the molecule is CN1CCC[C@H]1COc1nc2c(c(N3CCN(C(=O)OC(C)(C)C)C(CC#N)C3)n1)CCCN(c1cccc(F)c1C(F)F)C2. The lowest BCUT2D eigenvalue weighted by Gasteiger charge is -2.42. The van der Waals surface area contributed by atoms with Gasteiger partial charge in [-0.1, -0.05) is 6.07 Å². The van der Waals surface area contributed by atoms with Gasteiger partial charge in [0, 0.05) is 43.5 Å². The first kappa shape index (κ1) is 32.6. The Kier molecular flexibility index (Phi) is 9.91. The lowest BCUT2D eigenvalue weighted by atomic mass is 10.1. The predicted molar refractivity (Wildman–Crippen MR) is 163 cm³/mol. The summed E-state index contributed by atoms with van der Waals surface area (Å²) in [4.78, 5) is 30.3. The van der Waals surface area contributed by atoms with Crippen LogP contribution in [0.3, 0.4) is 0 Å². The van der Waals surface area contributed by atoms with Crippen molar-refractivity contribution in [2.45, 2.75) is 83.5 Å². The molecule has 3 aliphatic heterocycles. The van der Waals surface area contributed by atoms with Crippen LogP contribution in [0.15, 0.2) is 18.2 Å². The fourth-order valence-electron chi connectivity index (χ4n) is 6.39. The first-order chi connectivity index (χ1) is 21.4. The van der Waals surface area contributed by atoms with Crippen molar-refractivity contribution in [2.24, 2.45) is 0 Å². The number of piperazine rings is 1. The maximum Gasteiger partial charge on any atom is 0.410 e. The van der Waals surface area contributed by atoms with E-state index in [2.05, 4.69) is 22.9 Å². The third kappa shape index (κ3) is 7.54. The molecule has 5 rings (SSSR count). The first-order valence-corrected chi connectivity index (χ1v) is 15.6. The number of carbonyl (C=O) groups is 1. The highest BCUT2D eigenvalue weighted by atomic mass is 19.3. The summed E-state index contributed by atoms with van der Waals surface area (Å²) in [5.74, 6) is -0.289. The van der Waals surface area contributed by atoms with Crippen LogP contribution in [-0.2, 0) is 17.7 Å². The van der Waals surface area contributed by atoms with Crippen LogP contribution >= 0.6 is 0 Å². The number of amides is 1. The number of anilines is 2. The van der Waals surface area contributed by atoms with E-state index in [9.17, 15) is 23.2 Å².